The van der Waals surface area contributed by atoms with E-state index in [0.29, 0.717) is 18.5 Å². The van der Waals surface area contributed by atoms with Crippen molar-refractivity contribution in [3.63, 3.8) is 0 Å². The van der Waals surface area contributed by atoms with E-state index in [4.69, 9.17) is 4.74 Å². The standard InChI is InChI=1S/C32H35NO4/c1-6-21-7-11-24(12-8-21)29(34)27-28(23-13-15-25(16-14-23)32(2,3)4)33(31(36)30(27)35)20-19-22-9-17-26(37-5)18-10-22/h7-18,28,34H,6,19-20H2,1-5H3/b29-27-. The van der Waals surface area contributed by atoms with Gasteiger partial charge < -0.3 is 14.7 Å². The van der Waals surface area contributed by atoms with Gasteiger partial charge in [-0.2, -0.15) is 0 Å². The first-order chi connectivity index (χ1) is 17.6. The van der Waals surface area contributed by atoms with Crippen LogP contribution in [0.15, 0.2) is 78.4 Å². The van der Waals surface area contributed by atoms with Gasteiger partial charge in [-0.05, 0) is 52.6 Å². The molecule has 1 heterocycles. The van der Waals surface area contributed by atoms with Crippen molar-refractivity contribution in [2.45, 2.75) is 52.0 Å². The largest absolute Gasteiger partial charge is 0.507 e. The summed E-state index contributed by atoms with van der Waals surface area (Å²) in [4.78, 5) is 28.2. The average Bonchev–Trinajstić information content (AvgIpc) is 3.16. The number of hydrogen-bond donors (Lipinski definition) is 1. The van der Waals surface area contributed by atoms with Gasteiger partial charge >= 0.3 is 0 Å². The van der Waals surface area contributed by atoms with E-state index in [9.17, 15) is 14.7 Å². The molecule has 0 aliphatic carbocycles. The zero-order valence-corrected chi connectivity index (χ0v) is 22.2. The van der Waals surface area contributed by atoms with Crippen LogP contribution in [0.5, 0.6) is 5.75 Å². The molecule has 1 aliphatic rings. The lowest BCUT2D eigenvalue weighted by Crippen LogP contribution is -2.31. The summed E-state index contributed by atoms with van der Waals surface area (Å²) in [6, 6.07) is 22.5. The van der Waals surface area contributed by atoms with Crippen molar-refractivity contribution in [2.75, 3.05) is 13.7 Å². The lowest BCUT2D eigenvalue weighted by Gasteiger charge is -2.26. The summed E-state index contributed by atoms with van der Waals surface area (Å²) < 4.78 is 5.24. The number of aliphatic hydroxyl groups is 1. The van der Waals surface area contributed by atoms with Crippen LogP contribution in [0, 0.1) is 0 Å². The molecule has 0 aromatic heterocycles. The number of hydrogen-bond acceptors (Lipinski definition) is 4. The first kappa shape index (κ1) is 26.2. The highest BCUT2D eigenvalue weighted by atomic mass is 16.5. The SMILES string of the molecule is CCc1ccc(/C(O)=C2/C(=O)C(=O)N(CCc3ccc(OC)cc3)C2c2ccc(C(C)(C)C)cc2)cc1. The molecular weight excluding hydrogens is 462 g/mol. The van der Waals surface area contributed by atoms with Crippen LogP contribution in [-0.2, 0) is 27.8 Å². The number of carbonyl (C=O) groups is 2. The van der Waals surface area contributed by atoms with Crippen molar-refractivity contribution < 1.29 is 19.4 Å². The van der Waals surface area contributed by atoms with Crippen molar-refractivity contribution in [3.05, 3.63) is 106 Å². The molecule has 5 nitrogen and oxygen atoms in total. The normalized spacial score (nSPS) is 17.3. The van der Waals surface area contributed by atoms with E-state index in [1.807, 2.05) is 60.7 Å². The molecule has 3 aromatic carbocycles. The maximum atomic E-state index is 13.3. The molecule has 1 saturated heterocycles. The molecule has 0 bridgehead atoms. The number of carbonyl (C=O) groups excluding carboxylic acids is 2. The molecule has 192 valence electrons. The molecule has 1 atom stereocenters. The number of likely N-dealkylation sites (tertiary alicyclic amines) is 1. The molecule has 1 fully saturated rings. The van der Waals surface area contributed by atoms with Crippen LogP contribution in [0.1, 0.15) is 61.6 Å². The lowest BCUT2D eigenvalue weighted by molar-refractivity contribution is -0.139. The molecule has 5 heteroatoms. The Hall–Kier alpha value is -3.86. The zero-order chi connectivity index (χ0) is 26.7. The fourth-order valence-electron chi connectivity index (χ4n) is 4.72. The molecule has 0 saturated carbocycles. The van der Waals surface area contributed by atoms with Crippen LogP contribution in [-0.4, -0.2) is 35.4 Å². The van der Waals surface area contributed by atoms with Gasteiger partial charge in [-0.1, -0.05) is 88.4 Å². The summed E-state index contributed by atoms with van der Waals surface area (Å²) in [6.45, 7) is 8.83. The van der Waals surface area contributed by atoms with Crippen molar-refractivity contribution in [1.29, 1.82) is 0 Å². The van der Waals surface area contributed by atoms with Crippen LogP contribution in [0.3, 0.4) is 0 Å². The second kappa shape index (κ2) is 10.6. The summed E-state index contributed by atoms with van der Waals surface area (Å²) >= 11 is 0. The van der Waals surface area contributed by atoms with Gasteiger partial charge in [-0.25, -0.2) is 0 Å². The Morgan fingerprint density at radius 2 is 1.49 bits per heavy atom. The van der Waals surface area contributed by atoms with E-state index in [-0.39, 0.29) is 16.7 Å². The van der Waals surface area contributed by atoms with E-state index in [1.54, 1.807) is 24.1 Å². The number of ether oxygens (including phenoxy) is 1. The summed E-state index contributed by atoms with van der Waals surface area (Å²) in [5.41, 5.74) is 4.74. The van der Waals surface area contributed by atoms with Gasteiger partial charge in [-0.15, -0.1) is 0 Å². The molecule has 0 spiro atoms. The molecule has 1 amide bonds. The van der Waals surface area contributed by atoms with E-state index >= 15 is 0 Å². The third kappa shape index (κ3) is 5.46. The van der Waals surface area contributed by atoms with Gasteiger partial charge in [0, 0.05) is 12.1 Å². The predicted octanol–water partition coefficient (Wildman–Crippen LogP) is 6.22. The maximum Gasteiger partial charge on any atom is 0.295 e. The molecule has 0 radical (unpaired) electrons. The first-order valence-corrected chi connectivity index (χ1v) is 12.7. The Kier molecular flexibility index (Phi) is 7.53. The molecular formula is C32H35NO4. The Morgan fingerprint density at radius 3 is 2.03 bits per heavy atom. The second-order valence-electron chi connectivity index (χ2n) is 10.5. The third-order valence-electron chi connectivity index (χ3n) is 7.07. The lowest BCUT2D eigenvalue weighted by atomic mass is 9.85. The minimum absolute atomic E-state index is 0.0320. The molecule has 1 aliphatic heterocycles. The van der Waals surface area contributed by atoms with Crippen LogP contribution < -0.4 is 4.74 Å². The van der Waals surface area contributed by atoms with Crippen LogP contribution >= 0.6 is 0 Å². The summed E-state index contributed by atoms with van der Waals surface area (Å²) in [6.07, 6.45) is 1.44. The van der Waals surface area contributed by atoms with Gasteiger partial charge in [0.2, 0.25) is 0 Å². The quantitative estimate of drug-likeness (QED) is 0.239. The maximum absolute atomic E-state index is 13.3. The van der Waals surface area contributed by atoms with Gasteiger partial charge in [0.25, 0.3) is 11.7 Å². The number of Topliss-reactive ketones (excluding diaryl/α,β-unsaturated/α-hetero) is 1. The predicted molar refractivity (Wildman–Crippen MR) is 147 cm³/mol. The monoisotopic (exact) mass is 497 g/mol. The Labute approximate surface area is 219 Å². The van der Waals surface area contributed by atoms with Crippen molar-refractivity contribution >= 4 is 17.4 Å². The van der Waals surface area contributed by atoms with E-state index < -0.39 is 17.7 Å². The fraction of sp³-hybridized carbons (Fsp3) is 0.312. The number of benzene rings is 3. The molecule has 4 rings (SSSR count). The van der Waals surface area contributed by atoms with E-state index in [1.165, 1.54) is 0 Å². The zero-order valence-electron chi connectivity index (χ0n) is 22.2. The van der Waals surface area contributed by atoms with Crippen LogP contribution in [0.2, 0.25) is 0 Å². The number of nitrogens with zero attached hydrogens (tertiary/aromatic N) is 1. The average molecular weight is 498 g/mol. The number of ketones is 1. The highest BCUT2D eigenvalue weighted by Crippen LogP contribution is 2.40. The van der Waals surface area contributed by atoms with Crippen LogP contribution in [0.25, 0.3) is 5.76 Å². The highest BCUT2D eigenvalue weighted by molar-refractivity contribution is 6.46. The minimum Gasteiger partial charge on any atom is -0.507 e. The molecule has 3 aromatic rings. The minimum atomic E-state index is -0.668. The third-order valence-corrected chi connectivity index (χ3v) is 7.07. The van der Waals surface area contributed by atoms with Crippen molar-refractivity contribution in [2.24, 2.45) is 0 Å². The summed E-state index contributed by atoms with van der Waals surface area (Å²) in [5.74, 6) is -0.628. The first-order valence-electron chi connectivity index (χ1n) is 12.7. The number of aryl methyl sites for hydroxylation is 1. The summed E-state index contributed by atoms with van der Waals surface area (Å²) in [7, 11) is 1.62. The number of amides is 1. The Bertz CT molecular complexity index is 1300. The summed E-state index contributed by atoms with van der Waals surface area (Å²) in [5, 5.41) is 11.3. The molecule has 1 unspecified atom stereocenters. The van der Waals surface area contributed by atoms with Gasteiger partial charge in [0.05, 0.1) is 18.7 Å². The molecule has 37 heavy (non-hydrogen) atoms. The second-order valence-corrected chi connectivity index (χ2v) is 10.5. The Balaban J connectivity index is 1.75. The van der Waals surface area contributed by atoms with Gasteiger partial charge in [0.1, 0.15) is 11.5 Å². The topological polar surface area (TPSA) is 66.8 Å². The number of methoxy groups -OCH3 is 1. The van der Waals surface area contributed by atoms with E-state index in [0.717, 1.165) is 34.4 Å². The van der Waals surface area contributed by atoms with Crippen LogP contribution in [0.4, 0.5) is 0 Å². The van der Waals surface area contributed by atoms with Gasteiger partial charge in [-0.3, -0.25) is 9.59 Å². The smallest absolute Gasteiger partial charge is 0.295 e. The van der Waals surface area contributed by atoms with Gasteiger partial charge in [0.15, 0.2) is 0 Å². The van der Waals surface area contributed by atoms with Crippen molar-refractivity contribution in [1.82, 2.24) is 4.90 Å². The number of aliphatic hydroxyl groups excluding tert-OH is 1. The Morgan fingerprint density at radius 1 is 0.892 bits per heavy atom. The molecule has 1 N–H and O–H groups in total. The number of rotatable bonds is 7. The van der Waals surface area contributed by atoms with Crippen molar-refractivity contribution in [3.8, 4) is 5.75 Å². The highest BCUT2D eigenvalue weighted by Gasteiger charge is 2.45. The van der Waals surface area contributed by atoms with E-state index in [2.05, 4.69) is 27.7 Å². The fourth-order valence-corrected chi connectivity index (χ4v) is 4.72.